The molecule has 1 unspecified atom stereocenters. The summed E-state index contributed by atoms with van der Waals surface area (Å²) < 4.78 is 5.32. The lowest BCUT2D eigenvalue weighted by Gasteiger charge is -2.28. The molecule has 1 atom stereocenters. The Morgan fingerprint density at radius 1 is 1.14 bits per heavy atom. The second kappa shape index (κ2) is 8.66. The lowest BCUT2D eigenvalue weighted by molar-refractivity contribution is 0.212. The predicted octanol–water partition coefficient (Wildman–Crippen LogP) is 4.28. The van der Waals surface area contributed by atoms with E-state index in [1.807, 2.05) is 30.3 Å². The van der Waals surface area contributed by atoms with Gasteiger partial charge in [0.2, 0.25) is 0 Å². The average molecular weight is 321 g/mol. The topological polar surface area (TPSA) is 38.5 Å². The molecule has 0 aromatic heterocycles. The smallest absolute Gasteiger partial charge is 0.119 e. The van der Waals surface area contributed by atoms with Crippen molar-refractivity contribution in [2.24, 2.45) is 0 Å². The summed E-state index contributed by atoms with van der Waals surface area (Å²) in [5, 5.41) is 0. The molecule has 0 heterocycles. The molecule has 2 aromatic carbocycles. The van der Waals surface area contributed by atoms with Gasteiger partial charge < -0.3 is 10.5 Å². The van der Waals surface area contributed by atoms with Gasteiger partial charge in [-0.1, -0.05) is 31.2 Å². The molecule has 0 aliphatic carbocycles. The van der Waals surface area contributed by atoms with Crippen LogP contribution in [-0.4, -0.2) is 18.6 Å². The van der Waals surface area contributed by atoms with Gasteiger partial charge in [-0.25, -0.2) is 0 Å². The van der Waals surface area contributed by atoms with Crippen LogP contribution in [-0.2, 0) is 6.54 Å². The first-order valence-corrected chi connectivity index (χ1v) is 7.36. The molecule has 3 nitrogen and oxygen atoms in total. The molecule has 0 aliphatic rings. The molecule has 0 bridgehead atoms. The number of hydrogen-bond donors (Lipinski definition) is 1. The summed E-state index contributed by atoms with van der Waals surface area (Å²) in [5.41, 5.74) is 9.19. The standard InChI is InChI=1S/C18H24N2O.ClH/c1-4-20(13-15-7-5-9-17(19)11-15)14(2)16-8-6-10-18(12-16)21-3;/h5-12,14H,4,13,19H2,1-3H3;1H. The number of methoxy groups -OCH3 is 1. The largest absolute Gasteiger partial charge is 0.497 e. The number of rotatable bonds is 6. The fourth-order valence-corrected chi connectivity index (χ4v) is 2.56. The summed E-state index contributed by atoms with van der Waals surface area (Å²) in [6, 6.07) is 16.7. The summed E-state index contributed by atoms with van der Waals surface area (Å²) in [6.07, 6.45) is 0. The van der Waals surface area contributed by atoms with Crippen LogP contribution in [0.4, 0.5) is 5.69 Å². The third-order valence-electron chi connectivity index (χ3n) is 3.87. The summed E-state index contributed by atoms with van der Waals surface area (Å²) >= 11 is 0. The number of halogens is 1. The number of hydrogen-bond acceptors (Lipinski definition) is 3. The molecule has 0 radical (unpaired) electrons. The Balaban J connectivity index is 0.00000242. The normalized spacial score (nSPS) is 11.8. The van der Waals surface area contributed by atoms with Crippen molar-refractivity contribution in [3.05, 3.63) is 59.7 Å². The van der Waals surface area contributed by atoms with E-state index >= 15 is 0 Å². The van der Waals surface area contributed by atoms with Crippen LogP contribution in [0, 0.1) is 0 Å². The zero-order chi connectivity index (χ0) is 15.2. The van der Waals surface area contributed by atoms with E-state index in [4.69, 9.17) is 10.5 Å². The first kappa shape index (κ1) is 18.3. The minimum absolute atomic E-state index is 0. The van der Waals surface area contributed by atoms with E-state index < -0.39 is 0 Å². The Hall–Kier alpha value is -1.71. The molecular weight excluding hydrogens is 296 g/mol. The molecule has 4 heteroatoms. The number of ether oxygens (including phenoxy) is 1. The molecule has 0 saturated carbocycles. The van der Waals surface area contributed by atoms with Crippen LogP contribution >= 0.6 is 12.4 Å². The van der Waals surface area contributed by atoms with Gasteiger partial charge in [0.15, 0.2) is 0 Å². The van der Waals surface area contributed by atoms with Gasteiger partial charge in [0.1, 0.15) is 5.75 Å². The second-order valence-electron chi connectivity index (χ2n) is 5.26. The van der Waals surface area contributed by atoms with E-state index in [0.717, 1.165) is 24.5 Å². The molecule has 2 rings (SSSR count). The lowest BCUT2D eigenvalue weighted by atomic mass is 10.1. The van der Waals surface area contributed by atoms with Crippen molar-refractivity contribution in [1.82, 2.24) is 4.90 Å². The van der Waals surface area contributed by atoms with E-state index in [-0.39, 0.29) is 12.4 Å². The van der Waals surface area contributed by atoms with Gasteiger partial charge in [0.05, 0.1) is 7.11 Å². The Labute approximate surface area is 139 Å². The molecule has 2 aromatic rings. The first-order valence-electron chi connectivity index (χ1n) is 7.36. The third kappa shape index (κ3) is 4.65. The van der Waals surface area contributed by atoms with Crippen LogP contribution in [0.3, 0.4) is 0 Å². The highest BCUT2D eigenvalue weighted by Crippen LogP contribution is 2.25. The molecule has 2 N–H and O–H groups in total. The van der Waals surface area contributed by atoms with E-state index in [0.29, 0.717) is 6.04 Å². The Morgan fingerprint density at radius 2 is 1.86 bits per heavy atom. The van der Waals surface area contributed by atoms with Gasteiger partial charge in [0.25, 0.3) is 0 Å². The highest BCUT2D eigenvalue weighted by molar-refractivity contribution is 5.85. The molecule has 22 heavy (non-hydrogen) atoms. The van der Waals surface area contributed by atoms with E-state index in [2.05, 4.69) is 36.9 Å². The highest BCUT2D eigenvalue weighted by Gasteiger charge is 2.15. The Kier molecular flexibility index (Phi) is 7.22. The number of benzene rings is 2. The third-order valence-corrected chi connectivity index (χ3v) is 3.87. The van der Waals surface area contributed by atoms with Crippen molar-refractivity contribution in [2.75, 3.05) is 19.4 Å². The molecule has 120 valence electrons. The van der Waals surface area contributed by atoms with Crippen LogP contribution in [0.25, 0.3) is 0 Å². The monoisotopic (exact) mass is 320 g/mol. The Morgan fingerprint density at radius 3 is 2.50 bits per heavy atom. The fraction of sp³-hybridized carbons (Fsp3) is 0.333. The molecule has 0 amide bonds. The summed E-state index contributed by atoms with van der Waals surface area (Å²) in [6.45, 7) is 6.28. The molecular formula is C18H25ClN2O. The van der Waals surface area contributed by atoms with Gasteiger partial charge >= 0.3 is 0 Å². The molecule has 0 saturated heterocycles. The number of nitrogens with zero attached hydrogens (tertiary/aromatic N) is 1. The zero-order valence-electron chi connectivity index (χ0n) is 13.5. The van der Waals surface area contributed by atoms with Gasteiger partial charge in [-0.3, -0.25) is 4.90 Å². The quantitative estimate of drug-likeness (QED) is 0.807. The van der Waals surface area contributed by atoms with Crippen LogP contribution in [0.2, 0.25) is 0 Å². The van der Waals surface area contributed by atoms with Crippen molar-refractivity contribution >= 4 is 18.1 Å². The van der Waals surface area contributed by atoms with Gasteiger partial charge in [0, 0.05) is 18.3 Å². The van der Waals surface area contributed by atoms with Crippen LogP contribution in [0.15, 0.2) is 48.5 Å². The summed E-state index contributed by atoms with van der Waals surface area (Å²) in [7, 11) is 1.70. The van der Waals surface area contributed by atoms with Crippen LogP contribution < -0.4 is 10.5 Å². The zero-order valence-corrected chi connectivity index (χ0v) is 14.3. The van der Waals surface area contributed by atoms with E-state index in [9.17, 15) is 0 Å². The van der Waals surface area contributed by atoms with Gasteiger partial charge in [-0.05, 0) is 48.9 Å². The van der Waals surface area contributed by atoms with Gasteiger partial charge in [-0.15, -0.1) is 12.4 Å². The van der Waals surface area contributed by atoms with Gasteiger partial charge in [-0.2, -0.15) is 0 Å². The SMILES string of the molecule is CCN(Cc1cccc(N)c1)C(C)c1cccc(OC)c1.Cl. The van der Waals surface area contributed by atoms with Crippen molar-refractivity contribution < 1.29 is 4.74 Å². The minimum atomic E-state index is 0. The maximum Gasteiger partial charge on any atom is 0.119 e. The van der Waals surface area contributed by atoms with E-state index in [1.165, 1.54) is 11.1 Å². The molecule has 0 aliphatic heterocycles. The summed E-state index contributed by atoms with van der Waals surface area (Å²) in [4.78, 5) is 2.42. The predicted molar refractivity (Wildman–Crippen MR) is 95.6 cm³/mol. The first-order chi connectivity index (χ1) is 10.1. The summed E-state index contributed by atoms with van der Waals surface area (Å²) in [5.74, 6) is 0.902. The highest BCUT2D eigenvalue weighted by atomic mass is 35.5. The average Bonchev–Trinajstić information content (AvgIpc) is 2.52. The van der Waals surface area contributed by atoms with E-state index in [1.54, 1.807) is 7.11 Å². The molecule has 0 fully saturated rings. The number of anilines is 1. The van der Waals surface area contributed by atoms with Crippen molar-refractivity contribution in [3.63, 3.8) is 0 Å². The fourth-order valence-electron chi connectivity index (χ4n) is 2.56. The molecule has 0 spiro atoms. The van der Waals surface area contributed by atoms with Crippen molar-refractivity contribution in [2.45, 2.75) is 26.4 Å². The maximum absolute atomic E-state index is 5.87. The van der Waals surface area contributed by atoms with Crippen LogP contribution in [0.5, 0.6) is 5.75 Å². The lowest BCUT2D eigenvalue weighted by Crippen LogP contribution is -2.26. The maximum atomic E-state index is 5.87. The number of nitrogens with two attached hydrogens (primary N) is 1. The number of nitrogen functional groups attached to an aromatic ring is 1. The minimum Gasteiger partial charge on any atom is -0.497 e. The second-order valence-corrected chi connectivity index (χ2v) is 5.26. The van der Waals surface area contributed by atoms with Crippen molar-refractivity contribution in [1.29, 1.82) is 0 Å². The van der Waals surface area contributed by atoms with Crippen molar-refractivity contribution in [3.8, 4) is 5.75 Å². The Bertz CT molecular complexity index is 589. The van der Waals surface area contributed by atoms with Crippen LogP contribution in [0.1, 0.15) is 31.0 Å².